The minimum Gasteiger partial charge on any atom is -0.478 e. The Morgan fingerprint density at radius 3 is 2.64 bits per heavy atom. The number of carboxylic acids is 1. The summed E-state index contributed by atoms with van der Waals surface area (Å²) < 4.78 is 39.6. The summed E-state index contributed by atoms with van der Waals surface area (Å²) in [6, 6.07) is 1.30. The Hall–Kier alpha value is -1.79. The number of pyridine rings is 1. The van der Waals surface area contributed by atoms with Gasteiger partial charge in [0.25, 0.3) is 0 Å². The van der Waals surface area contributed by atoms with E-state index in [1.54, 1.807) is 0 Å². The lowest BCUT2D eigenvalue weighted by Gasteiger charge is -2.03. The van der Waals surface area contributed by atoms with Crippen LogP contribution in [-0.2, 0) is 0 Å². The summed E-state index contributed by atoms with van der Waals surface area (Å²) >= 11 is 0. The summed E-state index contributed by atoms with van der Waals surface area (Å²) in [5, 5.41) is 8.43. The highest BCUT2D eigenvalue weighted by atomic mass is 19.3. The van der Waals surface area contributed by atoms with Gasteiger partial charge in [0.05, 0.1) is 5.56 Å². The molecule has 0 aliphatic heterocycles. The van der Waals surface area contributed by atoms with E-state index in [1.165, 1.54) is 0 Å². The van der Waals surface area contributed by atoms with Gasteiger partial charge in [0.2, 0.25) is 11.8 Å². The van der Waals surface area contributed by atoms with E-state index in [0.29, 0.717) is 12.1 Å². The topological polar surface area (TPSA) is 59.4 Å². The Balaban J connectivity index is 3.01. The summed E-state index contributed by atoms with van der Waals surface area (Å²) in [6.07, 6.45) is 0. The van der Waals surface area contributed by atoms with Gasteiger partial charge in [-0.25, -0.2) is 4.79 Å². The highest BCUT2D eigenvalue weighted by molar-refractivity contribution is 5.87. The van der Waals surface area contributed by atoms with Gasteiger partial charge < -0.3 is 9.84 Å². The second kappa shape index (κ2) is 3.95. The number of nitrogens with zero attached hydrogens (tertiary/aromatic N) is 1. The van der Waals surface area contributed by atoms with Crippen LogP contribution in [0, 0.1) is 5.95 Å². The monoisotopic (exact) mass is 207 g/mol. The average Bonchev–Trinajstić information content (AvgIpc) is 2.01. The lowest BCUT2D eigenvalue weighted by atomic mass is 10.3. The van der Waals surface area contributed by atoms with Crippen molar-refractivity contribution in [3.8, 4) is 5.88 Å². The van der Waals surface area contributed by atoms with Gasteiger partial charge in [-0.2, -0.15) is 18.2 Å². The molecule has 7 heteroatoms. The fourth-order valence-corrected chi connectivity index (χ4v) is 0.748. The van der Waals surface area contributed by atoms with Gasteiger partial charge in [0, 0.05) is 12.1 Å². The normalized spacial score (nSPS) is 10.3. The number of carbonyl (C=O) groups is 1. The molecule has 0 amide bonds. The lowest BCUT2D eigenvalue weighted by Crippen LogP contribution is -2.06. The predicted octanol–water partition coefficient (Wildman–Crippen LogP) is 1.52. The molecule has 1 aromatic rings. The number of rotatable bonds is 3. The Labute approximate surface area is 75.9 Å². The molecule has 0 fully saturated rings. The fraction of sp³-hybridized carbons (Fsp3) is 0.143. The third kappa shape index (κ3) is 2.61. The molecule has 1 N–H and O–H groups in total. The third-order valence-corrected chi connectivity index (χ3v) is 1.23. The molecule has 0 radical (unpaired) electrons. The molecule has 76 valence electrons. The summed E-state index contributed by atoms with van der Waals surface area (Å²) in [5.74, 6) is -3.41. The predicted molar refractivity (Wildman–Crippen MR) is 37.8 cm³/mol. The van der Waals surface area contributed by atoms with Gasteiger partial charge in [-0.3, -0.25) is 0 Å². The molecule has 0 saturated heterocycles. The summed E-state index contributed by atoms with van der Waals surface area (Å²) in [6.45, 7) is -3.18. The number of alkyl halides is 2. The van der Waals surface area contributed by atoms with E-state index >= 15 is 0 Å². The van der Waals surface area contributed by atoms with E-state index in [1.807, 2.05) is 0 Å². The van der Waals surface area contributed by atoms with Crippen LogP contribution in [0.3, 0.4) is 0 Å². The second-order valence-electron chi connectivity index (χ2n) is 2.20. The number of carboxylic acid groups (broad SMARTS) is 1. The van der Waals surface area contributed by atoms with Gasteiger partial charge in [-0.05, 0) is 0 Å². The van der Waals surface area contributed by atoms with Gasteiger partial charge >= 0.3 is 12.6 Å². The molecule has 0 aliphatic carbocycles. The highest BCUT2D eigenvalue weighted by Gasteiger charge is 2.12. The fourth-order valence-electron chi connectivity index (χ4n) is 0.748. The van der Waals surface area contributed by atoms with Crippen molar-refractivity contribution in [3.05, 3.63) is 23.6 Å². The van der Waals surface area contributed by atoms with Crippen molar-refractivity contribution in [2.45, 2.75) is 6.61 Å². The van der Waals surface area contributed by atoms with Gasteiger partial charge in [0.1, 0.15) is 0 Å². The zero-order valence-electron chi connectivity index (χ0n) is 6.58. The number of aromatic carboxylic acids is 1. The highest BCUT2D eigenvalue weighted by Crippen LogP contribution is 2.14. The smallest absolute Gasteiger partial charge is 0.388 e. The molecule has 14 heavy (non-hydrogen) atoms. The molecule has 0 aliphatic rings. The van der Waals surface area contributed by atoms with E-state index in [2.05, 4.69) is 9.72 Å². The largest absolute Gasteiger partial charge is 0.478 e. The SMILES string of the molecule is O=C(O)c1cc(F)nc(OC(F)F)c1. The molecule has 0 bridgehead atoms. The molecule has 0 atom stereocenters. The molecular formula is C7H4F3NO3. The first-order chi connectivity index (χ1) is 6.49. The van der Waals surface area contributed by atoms with Crippen LogP contribution in [0.1, 0.15) is 10.4 Å². The standard InChI is InChI=1S/C7H4F3NO3/c8-4-1-3(6(12)13)2-5(11-4)14-7(9)10/h1-2,7H,(H,12,13). The third-order valence-electron chi connectivity index (χ3n) is 1.23. The van der Waals surface area contributed by atoms with Crippen LogP contribution in [0.4, 0.5) is 13.2 Å². The van der Waals surface area contributed by atoms with Crippen LogP contribution in [0.25, 0.3) is 0 Å². The quantitative estimate of drug-likeness (QED) is 0.763. The molecule has 4 nitrogen and oxygen atoms in total. The maximum absolute atomic E-state index is 12.5. The molecule has 0 aromatic carbocycles. The first-order valence-corrected chi connectivity index (χ1v) is 3.34. The average molecular weight is 207 g/mol. The molecule has 0 spiro atoms. The van der Waals surface area contributed by atoms with Crippen molar-refractivity contribution in [1.29, 1.82) is 0 Å². The van der Waals surface area contributed by atoms with Crippen LogP contribution in [0.2, 0.25) is 0 Å². The first kappa shape index (κ1) is 10.3. The van der Waals surface area contributed by atoms with Crippen LogP contribution in [-0.4, -0.2) is 22.7 Å². The van der Waals surface area contributed by atoms with Crippen molar-refractivity contribution >= 4 is 5.97 Å². The maximum atomic E-state index is 12.5. The van der Waals surface area contributed by atoms with Crippen LogP contribution in [0.15, 0.2) is 12.1 Å². The van der Waals surface area contributed by atoms with Crippen molar-refractivity contribution in [2.24, 2.45) is 0 Å². The van der Waals surface area contributed by atoms with Gasteiger partial charge in [-0.15, -0.1) is 0 Å². The van der Waals surface area contributed by atoms with Crippen molar-refractivity contribution in [3.63, 3.8) is 0 Å². The Bertz CT molecular complexity index is 356. The first-order valence-electron chi connectivity index (χ1n) is 3.34. The molecule has 1 rings (SSSR count). The summed E-state index contributed by atoms with van der Waals surface area (Å²) in [5.41, 5.74) is -0.506. The Morgan fingerprint density at radius 1 is 1.50 bits per heavy atom. The Kier molecular flexibility index (Phi) is 2.90. The number of aromatic nitrogens is 1. The van der Waals surface area contributed by atoms with Gasteiger partial charge in [-0.1, -0.05) is 0 Å². The van der Waals surface area contributed by atoms with E-state index in [-0.39, 0.29) is 0 Å². The van der Waals surface area contributed by atoms with E-state index in [0.717, 1.165) is 0 Å². The molecule has 1 aromatic heterocycles. The van der Waals surface area contributed by atoms with Crippen molar-refractivity contribution in [1.82, 2.24) is 4.98 Å². The summed E-state index contributed by atoms with van der Waals surface area (Å²) in [7, 11) is 0. The van der Waals surface area contributed by atoms with Crippen molar-refractivity contribution < 1.29 is 27.8 Å². The van der Waals surface area contributed by atoms with Crippen molar-refractivity contribution in [2.75, 3.05) is 0 Å². The minimum atomic E-state index is -3.18. The number of ether oxygens (including phenoxy) is 1. The van der Waals surface area contributed by atoms with Crippen LogP contribution >= 0.6 is 0 Å². The molecule has 0 unspecified atom stereocenters. The maximum Gasteiger partial charge on any atom is 0.388 e. The summed E-state index contributed by atoms with van der Waals surface area (Å²) in [4.78, 5) is 13.3. The van der Waals surface area contributed by atoms with Crippen LogP contribution in [0.5, 0.6) is 5.88 Å². The zero-order valence-corrected chi connectivity index (χ0v) is 6.58. The molecule has 0 saturated carbocycles. The zero-order chi connectivity index (χ0) is 10.7. The number of hydrogen-bond acceptors (Lipinski definition) is 3. The minimum absolute atomic E-state index is 0.506. The number of halogens is 3. The van der Waals surface area contributed by atoms with Gasteiger partial charge in [0.15, 0.2) is 0 Å². The molecule has 1 heterocycles. The number of hydrogen-bond donors (Lipinski definition) is 1. The second-order valence-corrected chi connectivity index (χ2v) is 2.20. The molecular weight excluding hydrogens is 203 g/mol. The van der Waals surface area contributed by atoms with E-state index < -0.39 is 30.0 Å². The lowest BCUT2D eigenvalue weighted by molar-refractivity contribution is -0.0533. The van der Waals surface area contributed by atoms with Crippen LogP contribution < -0.4 is 4.74 Å². The van der Waals surface area contributed by atoms with E-state index in [4.69, 9.17) is 5.11 Å². The van der Waals surface area contributed by atoms with E-state index in [9.17, 15) is 18.0 Å². The Morgan fingerprint density at radius 2 is 2.14 bits per heavy atom.